The largest absolute Gasteiger partial charge is 0.370 e. The maximum atomic E-state index is 4.70. The minimum Gasteiger partial charge on any atom is -0.370 e. The van der Waals surface area contributed by atoms with Gasteiger partial charge in [-0.2, -0.15) is 0 Å². The molecule has 32 heavy (non-hydrogen) atoms. The molecule has 0 unspecified atom stereocenters. The van der Waals surface area contributed by atoms with E-state index in [1.165, 1.54) is 70.2 Å². The van der Waals surface area contributed by atoms with Gasteiger partial charge in [0.2, 0.25) is 0 Å². The van der Waals surface area contributed by atoms with Gasteiger partial charge in [-0.05, 0) is 111 Å². The Morgan fingerprint density at radius 3 is 1.31 bits per heavy atom. The van der Waals surface area contributed by atoms with Gasteiger partial charge in [0, 0.05) is 36.6 Å². The van der Waals surface area contributed by atoms with Crippen molar-refractivity contribution in [1.29, 1.82) is 0 Å². The zero-order valence-electron chi connectivity index (χ0n) is 19.8. The second-order valence-corrected chi connectivity index (χ2v) is 9.90. The quantitative estimate of drug-likeness (QED) is 0.421. The summed E-state index contributed by atoms with van der Waals surface area (Å²) in [6.45, 7) is 10.9. The third-order valence-electron chi connectivity index (χ3n) is 6.91. The average molecular weight is 427 g/mol. The van der Waals surface area contributed by atoms with Crippen LogP contribution < -0.4 is 10.6 Å². The van der Waals surface area contributed by atoms with Gasteiger partial charge in [-0.1, -0.05) is 12.1 Å². The zero-order chi connectivity index (χ0) is 22.2. The zero-order valence-corrected chi connectivity index (χ0v) is 19.8. The standard InChI is InChI=1S/C28H34N4/c1-17-9-24(26-16-32-28(12-20(26)4)30-14-22-7-8-22)18(2)10-23(17)25-15-31-27(11-19(25)3)29-13-21-5-6-21/h9-12,15-16,21-22H,5-8,13-14H2,1-4H3,(H,29,31)(H,30,32). The van der Waals surface area contributed by atoms with Crippen LogP contribution in [0, 0.1) is 39.5 Å². The van der Waals surface area contributed by atoms with Crippen LogP contribution in [0.25, 0.3) is 22.3 Å². The van der Waals surface area contributed by atoms with E-state index < -0.39 is 0 Å². The number of rotatable bonds is 8. The predicted octanol–water partition coefficient (Wildman–Crippen LogP) is 6.69. The minimum absolute atomic E-state index is 0.843. The summed E-state index contributed by atoms with van der Waals surface area (Å²) in [5.74, 6) is 3.66. The van der Waals surface area contributed by atoms with Gasteiger partial charge in [-0.15, -0.1) is 0 Å². The second-order valence-electron chi connectivity index (χ2n) is 9.90. The number of aromatic nitrogens is 2. The van der Waals surface area contributed by atoms with Gasteiger partial charge in [-0.3, -0.25) is 0 Å². The number of benzene rings is 1. The van der Waals surface area contributed by atoms with Crippen LogP contribution in [0.3, 0.4) is 0 Å². The molecule has 5 rings (SSSR count). The van der Waals surface area contributed by atoms with E-state index in [9.17, 15) is 0 Å². The lowest BCUT2D eigenvalue weighted by Gasteiger charge is -2.17. The Bertz CT molecular complexity index is 1050. The van der Waals surface area contributed by atoms with E-state index in [4.69, 9.17) is 9.97 Å². The first-order valence-corrected chi connectivity index (χ1v) is 12.0. The van der Waals surface area contributed by atoms with Gasteiger partial charge in [0.1, 0.15) is 11.6 Å². The van der Waals surface area contributed by atoms with Crippen LogP contribution in [0.15, 0.2) is 36.7 Å². The number of anilines is 2. The third kappa shape index (κ3) is 4.64. The SMILES string of the molecule is Cc1cc(NCC2CC2)ncc1-c1cc(C)c(-c2cnc(NCC3CC3)cc2C)cc1C. The molecule has 0 amide bonds. The van der Waals surface area contributed by atoms with Gasteiger partial charge in [0.15, 0.2) is 0 Å². The smallest absolute Gasteiger partial charge is 0.126 e. The number of pyridine rings is 2. The van der Waals surface area contributed by atoms with Crippen molar-refractivity contribution in [3.05, 3.63) is 58.9 Å². The van der Waals surface area contributed by atoms with Gasteiger partial charge < -0.3 is 10.6 Å². The summed E-state index contributed by atoms with van der Waals surface area (Å²) in [5.41, 5.74) is 10.0. The van der Waals surface area contributed by atoms with Gasteiger partial charge >= 0.3 is 0 Å². The Morgan fingerprint density at radius 2 is 0.969 bits per heavy atom. The summed E-state index contributed by atoms with van der Waals surface area (Å²) in [6.07, 6.45) is 9.46. The highest BCUT2D eigenvalue weighted by molar-refractivity contribution is 5.79. The number of hydrogen-bond donors (Lipinski definition) is 2. The summed E-state index contributed by atoms with van der Waals surface area (Å²) >= 11 is 0. The molecular formula is C28H34N4. The molecule has 0 bridgehead atoms. The van der Waals surface area contributed by atoms with Crippen molar-refractivity contribution < 1.29 is 0 Å². The number of aryl methyl sites for hydroxylation is 4. The third-order valence-corrected chi connectivity index (χ3v) is 6.91. The fourth-order valence-electron chi connectivity index (χ4n) is 4.41. The Hall–Kier alpha value is -2.88. The number of nitrogens with one attached hydrogen (secondary N) is 2. The van der Waals surface area contributed by atoms with Gasteiger partial charge in [0.05, 0.1) is 0 Å². The molecular weight excluding hydrogens is 392 g/mol. The Kier molecular flexibility index (Phi) is 5.62. The first-order chi connectivity index (χ1) is 15.5. The van der Waals surface area contributed by atoms with E-state index in [0.29, 0.717) is 0 Å². The Morgan fingerprint density at radius 1 is 0.594 bits per heavy atom. The summed E-state index contributed by atoms with van der Waals surface area (Å²) in [4.78, 5) is 9.39. The van der Waals surface area contributed by atoms with Gasteiger partial charge in [-0.25, -0.2) is 9.97 Å². The first-order valence-electron chi connectivity index (χ1n) is 12.0. The molecule has 0 saturated heterocycles. The van der Waals surface area contributed by atoms with Crippen LogP contribution in [-0.2, 0) is 0 Å². The summed E-state index contributed by atoms with van der Waals surface area (Å²) in [7, 11) is 0. The molecule has 166 valence electrons. The van der Waals surface area contributed by atoms with Crippen LogP contribution in [0.4, 0.5) is 11.6 Å². The maximum absolute atomic E-state index is 4.70. The van der Waals surface area contributed by atoms with Crippen LogP contribution in [0.5, 0.6) is 0 Å². The lowest BCUT2D eigenvalue weighted by atomic mass is 9.90. The van der Waals surface area contributed by atoms with Crippen molar-refractivity contribution in [3.63, 3.8) is 0 Å². The monoisotopic (exact) mass is 426 g/mol. The maximum Gasteiger partial charge on any atom is 0.126 e. The fraction of sp³-hybridized carbons (Fsp3) is 0.429. The average Bonchev–Trinajstić information content (AvgIpc) is 3.68. The molecule has 3 aromatic rings. The molecule has 2 aliphatic carbocycles. The van der Waals surface area contributed by atoms with Crippen molar-refractivity contribution in [2.75, 3.05) is 23.7 Å². The molecule has 2 fully saturated rings. The predicted molar refractivity (Wildman–Crippen MR) is 134 cm³/mol. The number of hydrogen-bond acceptors (Lipinski definition) is 4. The molecule has 2 saturated carbocycles. The molecule has 1 aromatic carbocycles. The molecule has 0 atom stereocenters. The van der Waals surface area contributed by atoms with Crippen LogP contribution in [0.2, 0.25) is 0 Å². The van der Waals surface area contributed by atoms with Crippen LogP contribution in [-0.4, -0.2) is 23.1 Å². The van der Waals surface area contributed by atoms with E-state index in [-0.39, 0.29) is 0 Å². The topological polar surface area (TPSA) is 49.8 Å². The molecule has 2 N–H and O–H groups in total. The number of nitrogens with zero attached hydrogens (tertiary/aromatic N) is 2. The molecule has 4 nitrogen and oxygen atoms in total. The van der Waals surface area contributed by atoms with E-state index in [1.807, 2.05) is 12.4 Å². The molecule has 0 spiro atoms. The molecule has 4 heteroatoms. The van der Waals surface area contributed by atoms with Crippen molar-refractivity contribution in [2.24, 2.45) is 11.8 Å². The highest BCUT2D eigenvalue weighted by Crippen LogP contribution is 2.35. The van der Waals surface area contributed by atoms with E-state index in [0.717, 1.165) is 36.6 Å². The fourth-order valence-corrected chi connectivity index (χ4v) is 4.41. The van der Waals surface area contributed by atoms with Crippen molar-refractivity contribution in [1.82, 2.24) is 9.97 Å². The van der Waals surface area contributed by atoms with Crippen molar-refractivity contribution in [2.45, 2.75) is 53.4 Å². The summed E-state index contributed by atoms with van der Waals surface area (Å²) in [6, 6.07) is 8.99. The molecule has 2 heterocycles. The van der Waals surface area contributed by atoms with E-state index in [2.05, 4.69) is 62.6 Å². The summed E-state index contributed by atoms with van der Waals surface area (Å²) < 4.78 is 0. The van der Waals surface area contributed by atoms with Crippen molar-refractivity contribution in [3.8, 4) is 22.3 Å². The lowest BCUT2D eigenvalue weighted by molar-refractivity contribution is 0.882. The first kappa shape index (κ1) is 21.0. The molecule has 0 aliphatic heterocycles. The lowest BCUT2D eigenvalue weighted by Crippen LogP contribution is -2.05. The normalized spacial score (nSPS) is 15.6. The molecule has 0 radical (unpaired) electrons. The van der Waals surface area contributed by atoms with E-state index >= 15 is 0 Å². The highest BCUT2D eigenvalue weighted by Gasteiger charge is 2.22. The van der Waals surface area contributed by atoms with Gasteiger partial charge in [0.25, 0.3) is 0 Å². The highest BCUT2D eigenvalue weighted by atomic mass is 15.0. The van der Waals surface area contributed by atoms with Crippen LogP contribution >= 0.6 is 0 Å². The van der Waals surface area contributed by atoms with Crippen molar-refractivity contribution >= 4 is 11.6 Å². The molecule has 2 aromatic heterocycles. The van der Waals surface area contributed by atoms with E-state index in [1.54, 1.807) is 0 Å². The second kappa shape index (κ2) is 8.57. The van der Waals surface area contributed by atoms with Crippen LogP contribution in [0.1, 0.15) is 47.9 Å². The Balaban J connectivity index is 1.39. The summed E-state index contributed by atoms with van der Waals surface area (Å²) in [5, 5.41) is 6.98. The molecule has 2 aliphatic rings. The minimum atomic E-state index is 0.843. The Labute approximate surface area is 191 Å².